The highest BCUT2D eigenvalue weighted by atomic mass is 32.1. The molecule has 1 fully saturated rings. The van der Waals surface area contributed by atoms with E-state index in [1.165, 1.54) is 23.3 Å². The number of nitrogens with zero attached hydrogens (tertiary/aromatic N) is 2. The number of aromatic amines is 1. The lowest BCUT2D eigenvalue weighted by atomic mass is 10.2. The lowest BCUT2D eigenvalue weighted by Gasteiger charge is -2.21. The van der Waals surface area contributed by atoms with Crippen LogP contribution in [0.4, 0.5) is 0 Å². The van der Waals surface area contributed by atoms with E-state index in [0.717, 1.165) is 37.7 Å². The quantitative estimate of drug-likeness (QED) is 0.735. The van der Waals surface area contributed by atoms with Crippen molar-refractivity contribution in [3.63, 3.8) is 0 Å². The molecule has 0 aliphatic heterocycles. The lowest BCUT2D eigenvalue weighted by molar-refractivity contribution is 0.229. The number of thiophene rings is 1. The fourth-order valence-corrected chi connectivity index (χ4v) is 3.30. The van der Waals surface area contributed by atoms with Crippen molar-refractivity contribution in [1.29, 1.82) is 0 Å². The Kier molecular flexibility index (Phi) is 4.50. The molecule has 2 heterocycles. The monoisotopic (exact) mass is 291 g/mol. The number of hydrogen-bond donors (Lipinski definition) is 2. The van der Waals surface area contributed by atoms with Crippen LogP contribution in [0.25, 0.3) is 10.6 Å². The van der Waals surface area contributed by atoms with Crippen LogP contribution >= 0.6 is 11.3 Å². The highest BCUT2D eigenvalue weighted by Crippen LogP contribution is 2.31. The van der Waals surface area contributed by atoms with Crippen LogP contribution in [0.5, 0.6) is 0 Å². The van der Waals surface area contributed by atoms with Gasteiger partial charge >= 0.3 is 0 Å². The van der Waals surface area contributed by atoms with Gasteiger partial charge in [0, 0.05) is 24.8 Å². The maximum absolute atomic E-state index is 8.93. The minimum absolute atomic E-state index is 0.296. The van der Waals surface area contributed by atoms with E-state index < -0.39 is 0 Å². The van der Waals surface area contributed by atoms with Crippen LogP contribution in [0.2, 0.25) is 0 Å². The summed E-state index contributed by atoms with van der Waals surface area (Å²) in [6.45, 7) is 2.32. The Hall–Kier alpha value is -1.17. The van der Waals surface area contributed by atoms with Crippen molar-refractivity contribution in [2.45, 2.75) is 38.3 Å². The van der Waals surface area contributed by atoms with Gasteiger partial charge in [0.05, 0.1) is 16.8 Å². The molecule has 5 heteroatoms. The van der Waals surface area contributed by atoms with Crippen molar-refractivity contribution >= 4 is 11.3 Å². The largest absolute Gasteiger partial charge is 0.396 e. The SMILES string of the molecule is OCCCCN(Cc1cn[nH]c1-c1cccs1)C1CC1. The molecule has 0 spiro atoms. The molecule has 3 rings (SSSR count). The maximum Gasteiger partial charge on any atom is 0.0794 e. The van der Waals surface area contributed by atoms with Gasteiger partial charge < -0.3 is 5.11 Å². The Labute approximate surface area is 123 Å². The number of aliphatic hydroxyl groups excluding tert-OH is 1. The number of rotatable bonds is 8. The standard InChI is InChI=1S/C15H21N3OS/c19-8-2-1-7-18(13-5-6-13)11-12-10-16-17-15(12)14-4-3-9-20-14/h3-4,9-10,13,19H,1-2,5-8,11H2,(H,16,17). The van der Waals surface area contributed by atoms with E-state index in [4.69, 9.17) is 5.11 Å². The van der Waals surface area contributed by atoms with Crippen LogP contribution in [0.1, 0.15) is 31.2 Å². The molecular weight excluding hydrogens is 270 g/mol. The van der Waals surface area contributed by atoms with Gasteiger partial charge in [-0.15, -0.1) is 11.3 Å². The van der Waals surface area contributed by atoms with Crippen molar-refractivity contribution in [2.75, 3.05) is 13.2 Å². The Bertz CT molecular complexity index is 519. The summed E-state index contributed by atoms with van der Waals surface area (Å²) in [6, 6.07) is 4.94. The first kappa shape index (κ1) is 13.8. The van der Waals surface area contributed by atoms with Crippen molar-refractivity contribution < 1.29 is 5.11 Å². The van der Waals surface area contributed by atoms with Crippen molar-refractivity contribution in [2.24, 2.45) is 0 Å². The van der Waals surface area contributed by atoms with Crippen molar-refractivity contribution in [1.82, 2.24) is 15.1 Å². The molecule has 0 unspecified atom stereocenters. The molecule has 2 aromatic heterocycles. The highest BCUT2D eigenvalue weighted by molar-refractivity contribution is 7.13. The Morgan fingerprint density at radius 1 is 1.40 bits per heavy atom. The normalized spacial score (nSPS) is 15.1. The van der Waals surface area contributed by atoms with Gasteiger partial charge in [-0.05, 0) is 43.7 Å². The second kappa shape index (κ2) is 6.52. The highest BCUT2D eigenvalue weighted by Gasteiger charge is 2.29. The van der Waals surface area contributed by atoms with Gasteiger partial charge in [0.15, 0.2) is 0 Å². The average Bonchev–Trinajstić information content (AvgIpc) is 2.98. The van der Waals surface area contributed by atoms with E-state index in [1.54, 1.807) is 11.3 Å². The van der Waals surface area contributed by atoms with Crippen LogP contribution in [-0.2, 0) is 6.54 Å². The number of nitrogens with one attached hydrogen (secondary N) is 1. The first-order valence-corrected chi connectivity index (χ1v) is 8.17. The van der Waals surface area contributed by atoms with Gasteiger partial charge in [-0.25, -0.2) is 0 Å². The van der Waals surface area contributed by atoms with Crippen LogP contribution < -0.4 is 0 Å². The molecule has 4 nitrogen and oxygen atoms in total. The molecule has 1 aliphatic carbocycles. The summed E-state index contributed by atoms with van der Waals surface area (Å²) in [7, 11) is 0. The molecule has 2 N–H and O–H groups in total. The number of hydrogen-bond acceptors (Lipinski definition) is 4. The zero-order valence-corrected chi connectivity index (χ0v) is 12.4. The molecular formula is C15H21N3OS. The molecule has 0 bridgehead atoms. The van der Waals surface area contributed by atoms with Gasteiger partial charge in [0.2, 0.25) is 0 Å². The van der Waals surface area contributed by atoms with E-state index in [2.05, 4.69) is 32.6 Å². The fraction of sp³-hybridized carbons (Fsp3) is 0.533. The molecule has 0 aromatic carbocycles. The first-order chi connectivity index (χ1) is 9.88. The molecule has 0 radical (unpaired) electrons. The predicted molar refractivity (Wildman–Crippen MR) is 81.7 cm³/mol. The van der Waals surface area contributed by atoms with Crippen molar-refractivity contribution in [3.05, 3.63) is 29.3 Å². The van der Waals surface area contributed by atoms with Crippen molar-refractivity contribution in [3.8, 4) is 10.6 Å². The number of H-pyrrole nitrogens is 1. The van der Waals surface area contributed by atoms with Crippen LogP contribution in [-0.4, -0.2) is 39.4 Å². The third-order valence-corrected chi connectivity index (χ3v) is 4.66. The van der Waals surface area contributed by atoms with E-state index in [1.807, 2.05) is 6.20 Å². The minimum atomic E-state index is 0.296. The second-order valence-electron chi connectivity index (χ2n) is 5.38. The summed E-state index contributed by atoms with van der Waals surface area (Å²) < 4.78 is 0. The van der Waals surface area contributed by atoms with Gasteiger partial charge in [-0.3, -0.25) is 10.00 Å². The Balaban J connectivity index is 1.68. The van der Waals surface area contributed by atoms with Gasteiger partial charge in [-0.2, -0.15) is 5.10 Å². The zero-order chi connectivity index (χ0) is 13.8. The smallest absolute Gasteiger partial charge is 0.0794 e. The Morgan fingerprint density at radius 2 is 2.30 bits per heavy atom. The second-order valence-corrected chi connectivity index (χ2v) is 6.33. The molecule has 1 aliphatic rings. The van der Waals surface area contributed by atoms with Gasteiger partial charge in [-0.1, -0.05) is 6.07 Å². The zero-order valence-electron chi connectivity index (χ0n) is 11.6. The van der Waals surface area contributed by atoms with Crippen LogP contribution in [0.15, 0.2) is 23.7 Å². The summed E-state index contributed by atoms with van der Waals surface area (Å²) in [5, 5.41) is 18.4. The van der Waals surface area contributed by atoms with Gasteiger partial charge in [0.25, 0.3) is 0 Å². The number of aliphatic hydroxyl groups is 1. The van der Waals surface area contributed by atoms with Crippen LogP contribution in [0.3, 0.4) is 0 Å². The average molecular weight is 291 g/mol. The van der Waals surface area contributed by atoms with E-state index in [0.29, 0.717) is 6.61 Å². The first-order valence-electron chi connectivity index (χ1n) is 7.29. The van der Waals surface area contributed by atoms with E-state index in [9.17, 15) is 0 Å². The van der Waals surface area contributed by atoms with Crippen LogP contribution in [0, 0.1) is 0 Å². The predicted octanol–water partition coefficient (Wildman–Crippen LogP) is 2.88. The molecule has 2 aromatic rings. The Morgan fingerprint density at radius 3 is 3.00 bits per heavy atom. The summed E-state index contributed by atoms with van der Waals surface area (Å²) in [5.41, 5.74) is 2.44. The third kappa shape index (κ3) is 3.29. The number of aromatic nitrogens is 2. The molecule has 0 atom stereocenters. The van der Waals surface area contributed by atoms with E-state index in [-0.39, 0.29) is 0 Å². The summed E-state index contributed by atoms with van der Waals surface area (Å²) >= 11 is 1.74. The molecule has 1 saturated carbocycles. The molecule has 0 saturated heterocycles. The third-order valence-electron chi connectivity index (χ3n) is 3.78. The topological polar surface area (TPSA) is 52.1 Å². The molecule has 20 heavy (non-hydrogen) atoms. The molecule has 108 valence electrons. The lowest BCUT2D eigenvalue weighted by Crippen LogP contribution is -2.27. The minimum Gasteiger partial charge on any atom is -0.396 e. The van der Waals surface area contributed by atoms with E-state index >= 15 is 0 Å². The fourth-order valence-electron chi connectivity index (χ4n) is 2.54. The number of unbranched alkanes of at least 4 members (excludes halogenated alkanes) is 1. The summed E-state index contributed by atoms with van der Waals surface area (Å²) in [5.74, 6) is 0. The van der Waals surface area contributed by atoms with Gasteiger partial charge in [0.1, 0.15) is 0 Å². The summed E-state index contributed by atoms with van der Waals surface area (Å²) in [4.78, 5) is 3.79. The summed E-state index contributed by atoms with van der Waals surface area (Å²) in [6.07, 6.45) is 6.54. The molecule has 0 amide bonds. The maximum atomic E-state index is 8.93.